The van der Waals surface area contributed by atoms with Gasteiger partial charge in [-0.1, -0.05) is 70.2 Å². The van der Waals surface area contributed by atoms with Crippen molar-refractivity contribution in [2.45, 2.75) is 72.3 Å². The number of rotatable bonds is 7. The highest BCUT2D eigenvalue weighted by atomic mass is 32.1. The fourth-order valence-corrected chi connectivity index (χ4v) is 4.04. The topological polar surface area (TPSA) is 35.6 Å². The average Bonchev–Trinajstić information content (AvgIpc) is 3.07. The molecule has 0 aliphatic rings. The van der Waals surface area contributed by atoms with Crippen LogP contribution < -0.4 is 0 Å². The summed E-state index contributed by atoms with van der Waals surface area (Å²) in [6, 6.07) is 15.5. The Morgan fingerprint density at radius 3 is 1.83 bits per heavy atom. The Bertz CT molecular complexity index is 984. The van der Waals surface area contributed by atoms with E-state index >= 15 is 0 Å². The second-order valence-electron chi connectivity index (χ2n) is 8.63. The van der Waals surface area contributed by atoms with Crippen molar-refractivity contribution in [3.8, 4) is 5.69 Å². The van der Waals surface area contributed by atoms with Crippen molar-refractivity contribution in [3.05, 3.63) is 69.5 Å². The molecule has 0 aliphatic carbocycles. The first-order valence-corrected chi connectivity index (χ1v) is 11.0. The minimum atomic E-state index is 0.186. The van der Waals surface area contributed by atoms with E-state index in [1.807, 2.05) is 9.36 Å². The number of hydrogen-bond donors (Lipinski definition) is 0. The molecule has 0 saturated carbocycles. The molecule has 5 heteroatoms. The van der Waals surface area contributed by atoms with Crippen LogP contribution in [0.25, 0.3) is 5.69 Å². The zero-order valence-electron chi connectivity index (χ0n) is 18.4. The van der Waals surface area contributed by atoms with Crippen LogP contribution in [0.5, 0.6) is 0 Å². The monoisotopic (exact) mass is 408 g/mol. The van der Waals surface area contributed by atoms with E-state index in [0.29, 0.717) is 16.6 Å². The molecule has 0 saturated heterocycles. The van der Waals surface area contributed by atoms with Gasteiger partial charge >= 0.3 is 0 Å². The molecule has 0 aliphatic heterocycles. The van der Waals surface area contributed by atoms with Gasteiger partial charge in [-0.2, -0.15) is 4.68 Å². The highest BCUT2D eigenvalue weighted by Gasteiger charge is 2.20. The lowest BCUT2D eigenvalue weighted by atomic mass is 9.89. The molecule has 0 unspecified atom stereocenters. The Morgan fingerprint density at radius 1 is 0.793 bits per heavy atom. The Balaban J connectivity index is 2.09. The van der Waals surface area contributed by atoms with Gasteiger partial charge in [0, 0.05) is 0 Å². The van der Waals surface area contributed by atoms with E-state index in [0.717, 1.165) is 18.5 Å². The van der Waals surface area contributed by atoms with Crippen LogP contribution in [-0.4, -0.2) is 19.8 Å². The minimum Gasteiger partial charge on any atom is -0.216 e. The third kappa shape index (κ3) is 4.67. The molecule has 1 aromatic heterocycles. The molecule has 1 heterocycles. The molecule has 0 fully saturated rings. The smallest absolute Gasteiger partial charge is 0.216 e. The summed E-state index contributed by atoms with van der Waals surface area (Å²) in [7, 11) is 0. The van der Waals surface area contributed by atoms with Crippen molar-refractivity contribution in [2.75, 3.05) is 0 Å². The van der Waals surface area contributed by atoms with E-state index in [-0.39, 0.29) is 6.04 Å². The van der Waals surface area contributed by atoms with E-state index in [1.165, 1.54) is 22.3 Å². The molecule has 3 aromatic rings. The summed E-state index contributed by atoms with van der Waals surface area (Å²) in [5.74, 6) is 0.732. The van der Waals surface area contributed by atoms with Crippen molar-refractivity contribution < 1.29 is 0 Å². The van der Waals surface area contributed by atoms with Gasteiger partial charge in [0.05, 0.1) is 11.7 Å². The molecule has 0 bridgehead atoms. The van der Waals surface area contributed by atoms with Crippen LogP contribution in [0, 0.1) is 4.77 Å². The lowest BCUT2D eigenvalue weighted by molar-refractivity contribution is 0.508. The molecule has 0 N–H and O–H groups in total. The number of hydrogen-bond acceptors (Lipinski definition) is 3. The average molecular weight is 409 g/mol. The van der Waals surface area contributed by atoms with Crippen molar-refractivity contribution in [1.82, 2.24) is 19.8 Å². The van der Waals surface area contributed by atoms with Gasteiger partial charge in [-0.15, -0.1) is 0 Å². The summed E-state index contributed by atoms with van der Waals surface area (Å²) in [5, 5.41) is 8.76. The molecular weight excluding hydrogens is 376 g/mol. The van der Waals surface area contributed by atoms with Gasteiger partial charge in [0.25, 0.3) is 0 Å². The summed E-state index contributed by atoms with van der Waals surface area (Å²) >= 11 is 5.72. The van der Waals surface area contributed by atoms with Crippen molar-refractivity contribution in [1.29, 1.82) is 0 Å². The van der Waals surface area contributed by atoms with Crippen molar-refractivity contribution >= 4 is 12.2 Å². The number of tetrazole rings is 1. The third-order valence-electron chi connectivity index (χ3n) is 5.32. The van der Waals surface area contributed by atoms with Gasteiger partial charge in [-0.3, -0.25) is 0 Å². The van der Waals surface area contributed by atoms with E-state index in [1.54, 1.807) is 0 Å². The predicted octanol–water partition coefficient (Wildman–Crippen LogP) is 6.41. The first-order chi connectivity index (χ1) is 13.8. The van der Waals surface area contributed by atoms with Crippen LogP contribution in [0.1, 0.15) is 81.7 Å². The second-order valence-corrected chi connectivity index (χ2v) is 8.99. The molecular formula is C24H32N4S. The molecule has 3 rings (SSSR count). The lowest BCUT2D eigenvalue weighted by Gasteiger charge is -2.21. The predicted molar refractivity (Wildman–Crippen MR) is 123 cm³/mol. The number of nitrogens with zero attached hydrogens (tertiary/aromatic N) is 4. The molecule has 0 atom stereocenters. The summed E-state index contributed by atoms with van der Waals surface area (Å²) in [6.45, 7) is 13.1. The molecule has 0 spiro atoms. The van der Waals surface area contributed by atoms with E-state index in [4.69, 9.17) is 12.2 Å². The maximum absolute atomic E-state index is 5.72. The zero-order valence-corrected chi connectivity index (χ0v) is 19.2. The molecule has 0 amide bonds. The van der Waals surface area contributed by atoms with Gasteiger partial charge in [-0.25, -0.2) is 4.68 Å². The maximum Gasteiger partial charge on any atom is 0.220 e. The Morgan fingerprint density at radius 2 is 1.34 bits per heavy atom. The Hall–Kier alpha value is -2.27. The molecule has 29 heavy (non-hydrogen) atoms. The normalized spacial score (nSPS) is 11.8. The van der Waals surface area contributed by atoms with Gasteiger partial charge in [0.1, 0.15) is 0 Å². The van der Waals surface area contributed by atoms with Crippen LogP contribution >= 0.6 is 12.2 Å². The van der Waals surface area contributed by atoms with Gasteiger partial charge < -0.3 is 0 Å². The third-order valence-corrected chi connectivity index (χ3v) is 5.68. The Labute approximate surface area is 179 Å². The molecule has 0 radical (unpaired) electrons. The Kier molecular flexibility index (Phi) is 6.68. The van der Waals surface area contributed by atoms with Gasteiger partial charge in [0.15, 0.2) is 0 Å². The summed E-state index contributed by atoms with van der Waals surface area (Å²) in [6.07, 6.45) is 2.06. The van der Waals surface area contributed by atoms with Crippen LogP contribution in [0.4, 0.5) is 0 Å². The first kappa shape index (κ1) is 21.4. The number of benzene rings is 2. The quantitative estimate of drug-likeness (QED) is 0.424. The standard InChI is InChI=1S/C24H32N4S/c1-16(2)21-14-20(13-12-19-10-8-7-9-11-19)15-22(17(3)4)23(21)28-24(29)27(18(5)6)25-26-28/h7-11,14-18H,12-13H2,1-6H3. The highest BCUT2D eigenvalue weighted by Crippen LogP contribution is 2.33. The van der Waals surface area contributed by atoms with E-state index in [9.17, 15) is 0 Å². The zero-order chi connectivity index (χ0) is 21.1. The lowest BCUT2D eigenvalue weighted by Crippen LogP contribution is -2.11. The molecule has 154 valence electrons. The number of aryl methyl sites for hydroxylation is 2. The molecule has 2 aromatic carbocycles. The molecule has 4 nitrogen and oxygen atoms in total. The van der Waals surface area contributed by atoms with E-state index in [2.05, 4.69) is 94.4 Å². The van der Waals surface area contributed by atoms with Crippen LogP contribution in [0.15, 0.2) is 42.5 Å². The van der Waals surface area contributed by atoms with Crippen LogP contribution in [0.3, 0.4) is 0 Å². The van der Waals surface area contributed by atoms with Crippen molar-refractivity contribution in [3.63, 3.8) is 0 Å². The number of aromatic nitrogens is 4. The van der Waals surface area contributed by atoms with Crippen molar-refractivity contribution in [2.24, 2.45) is 0 Å². The second kappa shape index (κ2) is 9.04. The minimum absolute atomic E-state index is 0.186. The highest BCUT2D eigenvalue weighted by molar-refractivity contribution is 7.71. The van der Waals surface area contributed by atoms with Crippen LogP contribution in [0.2, 0.25) is 0 Å². The van der Waals surface area contributed by atoms with Crippen LogP contribution in [-0.2, 0) is 12.8 Å². The first-order valence-electron chi connectivity index (χ1n) is 10.5. The fraction of sp³-hybridized carbons (Fsp3) is 0.458. The summed E-state index contributed by atoms with van der Waals surface area (Å²) in [5.41, 5.74) is 6.41. The summed E-state index contributed by atoms with van der Waals surface area (Å²) < 4.78 is 4.33. The van der Waals surface area contributed by atoms with E-state index < -0.39 is 0 Å². The summed E-state index contributed by atoms with van der Waals surface area (Å²) in [4.78, 5) is 0. The fourth-order valence-electron chi connectivity index (χ4n) is 3.67. The van der Waals surface area contributed by atoms with Gasteiger partial charge in [0.2, 0.25) is 4.77 Å². The van der Waals surface area contributed by atoms with Gasteiger partial charge in [-0.05, 0) is 83.4 Å². The largest absolute Gasteiger partial charge is 0.220 e. The maximum atomic E-state index is 5.72. The SMILES string of the molecule is CC(C)c1cc(CCc2ccccc2)cc(C(C)C)c1-n1nnn(C(C)C)c1=S.